The van der Waals surface area contributed by atoms with E-state index in [4.69, 9.17) is 14.3 Å². The topological polar surface area (TPSA) is 94.9 Å². The van der Waals surface area contributed by atoms with Gasteiger partial charge in [-0.25, -0.2) is 4.39 Å². The molecule has 3 rings (SSSR count). The number of likely N-dealkylation sites (N-methyl/N-ethyl adjacent to an activating group) is 1. The molecule has 172 valence electrons. The number of halogens is 2. The first kappa shape index (κ1) is 23.9. The predicted octanol–water partition coefficient (Wildman–Crippen LogP) is 4.47. The van der Waals surface area contributed by atoms with E-state index in [9.17, 15) is 9.18 Å². The summed E-state index contributed by atoms with van der Waals surface area (Å²) >= 11 is 1.58. The second-order valence-electron chi connectivity index (χ2n) is 6.48. The third-order valence-corrected chi connectivity index (χ3v) is 5.23. The summed E-state index contributed by atoms with van der Waals surface area (Å²) in [5.41, 5.74) is 0.807. The second kappa shape index (κ2) is 10.7. The molecule has 0 bridgehead atoms. The van der Waals surface area contributed by atoms with E-state index >= 15 is 4.39 Å². The van der Waals surface area contributed by atoms with Crippen LogP contribution in [0.3, 0.4) is 0 Å². The molecule has 0 aliphatic rings. The Labute approximate surface area is 193 Å². The number of hydrogen-bond acceptors (Lipinski definition) is 8. The summed E-state index contributed by atoms with van der Waals surface area (Å²) in [6.45, 7) is 1.90. The van der Waals surface area contributed by atoms with E-state index < -0.39 is 23.4 Å². The van der Waals surface area contributed by atoms with E-state index in [0.29, 0.717) is 5.75 Å². The molecule has 33 heavy (non-hydrogen) atoms. The molecule has 0 spiro atoms. The van der Waals surface area contributed by atoms with Crippen LogP contribution in [0.4, 0.5) is 8.78 Å². The fraction of sp³-hybridized carbons (Fsp3) is 0.182. The molecule has 0 fully saturated rings. The number of amides is 1. The lowest BCUT2D eigenvalue weighted by molar-refractivity contribution is -0.114. The van der Waals surface area contributed by atoms with Gasteiger partial charge in [-0.05, 0) is 49.1 Å². The van der Waals surface area contributed by atoms with Crippen molar-refractivity contribution in [3.63, 3.8) is 0 Å². The van der Waals surface area contributed by atoms with Crippen molar-refractivity contribution in [3.05, 3.63) is 65.5 Å². The molecule has 3 aromatic rings. The van der Waals surface area contributed by atoms with Gasteiger partial charge >= 0.3 is 0 Å². The van der Waals surface area contributed by atoms with Gasteiger partial charge in [-0.1, -0.05) is 5.16 Å². The molecule has 0 aliphatic carbocycles. The SMILES string of the molecule is CNC(=O)C(=NOC)c1ccc(F)cc1Oc1ncnc(Oc2ccc(SC)c(C)c2)c1F. The highest BCUT2D eigenvalue weighted by Gasteiger charge is 2.22. The Hall–Kier alpha value is -3.73. The molecule has 0 unspecified atom stereocenters. The second-order valence-corrected chi connectivity index (χ2v) is 7.32. The van der Waals surface area contributed by atoms with Gasteiger partial charge in [0.15, 0.2) is 5.71 Å². The molecule has 0 atom stereocenters. The Balaban J connectivity index is 1.97. The standard InChI is InChI=1S/C22H20F2N4O4S/c1-12-9-14(6-8-17(12)33-4)31-21-18(24)22(27-11-26-21)32-16-10-13(23)5-7-15(16)19(28-30-3)20(29)25-2/h5-11H,1-4H3,(H,25,29). The molecular formula is C22H20F2N4O4S. The maximum atomic E-state index is 15.1. The molecule has 0 radical (unpaired) electrons. The van der Waals surface area contributed by atoms with Crippen LogP contribution in [-0.4, -0.2) is 42.0 Å². The molecule has 0 saturated heterocycles. The van der Waals surface area contributed by atoms with Gasteiger partial charge in [0.25, 0.3) is 17.7 Å². The summed E-state index contributed by atoms with van der Waals surface area (Å²) in [7, 11) is 2.63. The van der Waals surface area contributed by atoms with E-state index in [1.807, 2.05) is 19.2 Å². The van der Waals surface area contributed by atoms with Crippen molar-refractivity contribution in [2.24, 2.45) is 5.16 Å². The number of nitrogens with one attached hydrogen (secondary N) is 1. The number of carbonyl (C=O) groups is 1. The molecule has 8 nitrogen and oxygen atoms in total. The number of aryl methyl sites for hydroxylation is 1. The predicted molar refractivity (Wildman–Crippen MR) is 119 cm³/mol. The average Bonchev–Trinajstić information content (AvgIpc) is 2.80. The van der Waals surface area contributed by atoms with E-state index in [1.165, 1.54) is 20.2 Å². The number of nitrogens with zero attached hydrogens (tertiary/aromatic N) is 3. The first-order valence-corrected chi connectivity index (χ1v) is 10.7. The van der Waals surface area contributed by atoms with E-state index in [2.05, 4.69) is 20.4 Å². The molecule has 11 heteroatoms. The Bertz CT molecular complexity index is 1210. The number of oxime groups is 1. The minimum absolute atomic E-state index is 0.0568. The third-order valence-electron chi connectivity index (χ3n) is 4.34. The van der Waals surface area contributed by atoms with Crippen molar-refractivity contribution in [2.45, 2.75) is 11.8 Å². The van der Waals surface area contributed by atoms with Crippen molar-refractivity contribution in [1.82, 2.24) is 15.3 Å². The summed E-state index contributed by atoms with van der Waals surface area (Å²) in [6, 6.07) is 8.60. The fourth-order valence-electron chi connectivity index (χ4n) is 2.81. The highest BCUT2D eigenvalue weighted by molar-refractivity contribution is 7.98. The smallest absolute Gasteiger partial charge is 0.273 e. The molecule has 2 aromatic carbocycles. The monoisotopic (exact) mass is 474 g/mol. The zero-order chi connectivity index (χ0) is 24.0. The highest BCUT2D eigenvalue weighted by atomic mass is 32.2. The first-order valence-electron chi connectivity index (χ1n) is 9.52. The Kier molecular flexibility index (Phi) is 7.78. The van der Waals surface area contributed by atoms with Gasteiger partial charge in [-0.3, -0.25) is 4.79 Å². The van der Waals surface area contributed by atoms with Gasteiger partial charge in [0.2, 0.25) is 5.82 Å². The number of ether oxygens (including phenoxy) is 2. The largest absolute Gasteiger partial charge is 0.436 e. The number of carbonyl (C=O) groups excluding carboxylic acids is 1. The van der Waals surface area contributed by atoms with Crippen LogP contribution in [0.1, 0.15) is 11.1 Å². The van der Waals surface area contributed by atoms with Crippen molar-refractivity contribution >= 4 is 23.4 Å². The maximum Gasteiger partial charge on any atom is 0.273 e. The fourth-order valence-corrected chi connectivity index (χ4v) is 3.39. The molecule has 1 amide bonds. The van der Waals surface area contributed by atoms with Gasteiger partial charge in [-0.2, -0.15) is 14.4 Å². The van der Waals surface area contributed by atoms with Gasteiger partial charge in [0.1, 0.15) is 30.8 Å². The number of thioether (sulfide) groups is 1. The Morgan fingerprint density at radius 2 is 1.82 bits per heavy atom. The van der Waals surface area contributed by atoms with Crippen LogP contribution < -0.4 is 14.8 Å². The van der Waals surface area contributed by atoms with Crippen LogP contribution in [0, 0.1) is 18.6 Å². The summed E-state index contributed by atoms with van der Waals surface area (Å²) in [4.78, 5) is 25.6. The average molecular weight is 474 g/mol. The van der Waals surface area contributed by atoms with E-state index in [1.54, 1.807) is 23.9 Å². The summed E-state index contributed by atoms with van der Waals surface area (Å²) in [6.07, 6.45) is 2.99. The Morgan fingerprint density at radius 3 is 2.45 bits per heavy atom. The van der Waals surface area contributed by atoms with E-state index in [-0.39, 0.29) is 22.9 Å². The van der Waals surface area contributed by atoms with Crippen LogP contribution in [-0.2, 0) is 9.63 Å². The zero-order valence-corrected chi connectivity index (χ0v) is 19.0. The lowest BCUT2D eigenvalue weighted by atomic mass is 10.1. The lowest BCUT2D eigenvalue weighted by Crippen LogP contribution is -2.29. The van der Waals surface area contributed by atoms with Crippen LogP contribution in [0.5, 0.6) is 23.3 Å². The van der Waals surface area contributed by atoms with Gasteiger partial charge < -0.3 is 19.6 Å². The normalized spacial score (nSPS) is 11.2. The van der Waals surface area contributed by atoms with Crippen molar-refractivity contribution < 1.29 is 27.9 Å². The summed E-state index contributed by atoms with van der Waals surface area (Å²) < 4.78 is 40.1. The van der Waals surface area contributed by atoms with Crippen LogP contribution in [0.15, 0.2) is 52.8 Å². The number of benzene rings is 2. The molecule has 1 N–H and O–H groups in total. The number of rotatable bonds is 8. The third kappa shape index (κ3) is 5.55. The van der Waals surface area contributed by atoms with Crippen LogP contribution in [0.2, 0.25) is 0 Å². The van der Waals surface area contributed by atoms with Gasteiger partial charge in [0, 0.05) is 18.0 Å². The molecule has 1 heterocycles. The van der Waals surface area contributed by atoms with Crippen LogP contribution >= 0.6 is 11.8 Å². The van der Waals surface area contributed by atoms with E-state index in [0.717, 1.165) is 28.9 Å². The van der Waals surface area contributed by atoms with Crippen molar-refractivity contribution in [2.75, 3.05) is 20.4 Å². The van der Waals surface area contributed by atoms with Crippen molar-refractivity contribution in [1.29, 1.82) is 0 Å². The molecule has 1 aromatic heterocycles. The highest BCUT2D eigenvalue weighted by Crippen LogP contribution is 2.33. The minimum atomic E-state index is -1.01. The molecular weight excluding hydrogens is 454 g/mol. The number of hydrogen-bond donors (Lipinski definition) is 1. The summed E-state index contributed by atoms with van der Waals surface area (Å²) in [5, 5.41) is 6.06. The lowest BCUT2D eigenvalue weighted by Gasteiger charge is -2.13. The quantitative estimate of drug-likeness (QED) is 0.292. The van der Waals surface area contributed by atoms with Gasteiger partial charge in [0.05, 0.1) is 5.56 Å². The minimum Gasteiger partial charge on any atom is -0.436 e. The van der Waals surface area contributed by atoms with Gasteiger partial charge in [-0.15, -0.1) is 11.8 Å². The summed E-state index contributed by atoms with van der Waals surface area (Å²) in [5.74, 6) is -3.07. The molecule has 0 aliphatic heterocycles. The number of aromatic nitrogens is 2. The Morgan fingerprint density at radius 1 is 1.09 bits per heavy atom. The van der Waals surface area contributed by atoms with Crippen LogP contribution in [0.25, 0.3) is 0 Å². The van der Waals surface area contributed by atoms with Crippen molar-refractivity contribution in [3.8, 4) is 23.3 Å². The molecule has 0 saturated carbocycles. The first-order chi connectivity index (χ1) is 15.9. The maximum absolute atomic E-state index is 15.1. The zero-order valence-electron chi connectivity index (χ0n) is 18.2.